The second-order valence-electron chi connectivity index (χ2n) is 2.87. The second kappa shape index (κ2) is 5.11. The first kappa shape index (κ1) is 10.4. The van der Waals surface area contributed by atoms with Crippen molar-refractivity contribution in [1.82, 2.24) is 5.01 Å². The van der Waals surface area contributed by atoms with Gasteiger partial charge in [-0.25, -0.2) is 0 Å². The molecule has 14 heavy (non-hydrogen) atoms. The lowest BCUT2D eigenvalue weighted by Gasteiger charge is -2.11. The van der Waals surface area contributed by atoms with E-state index in [0.29, 0.717) is 6.42 Å². The van der Waals surface area contributed by atoms with E-state index >= 15 is 0 Å². The second-order valence-corrected chi connectivity index (χ2v) is 2.87. The third kappa shape index (κ3) is 2.65. The molecule has 1 rings (SSSR count). The number of nitrogens with zero attached hydrogens (tertiary/aromatic N) is 2. The van der Waals surface area contributed by atoms with Gasteiger partial charge in [-0.1, -0.05) is 37.3 Å². The van der Waals surface area contributed by atoms with E-state index in [1.165, 1.54) is 0 Å². The van der Waals surface area contributed by atoms with E-state index in [0.717, 1.165) is 10.6 Å². The quantitative estimate of drug-likeness (QED) is 0.541. The monoisotopic (exact) mass is 192 g/mol. The molecule has 1 aromatic carbocycles. The number of carbonyl (C=O) groups excluding carboxylic acids is 1. The van der Waals surface area contributed by atoms with Crippen LogP contribution in [0.3, 0.4) is 0 Å². The number of nitroso groups, excluding NO2 is 1. The highest BCUT2D eigenvalue weighted by Crippen LogP contribution is 2.05. The Labute approximate surface area is 82.5 Å². The topological polar surface area (TPSA) is 49.7 Å². The summed E-state index contributed by atoms with van der Waals surface area (Å²) in [6, 6.07) is 9.29. The van der Waals surface area contributed by atoms with Gasteiger partial charge in [-0.15, -0.1) is 4.91 Å². The summed E-state index contributed by atoms with van der Waals surface area (Å²) >= 11 is 0. The first-order valence-electron chi connectivity index (χ1n) is 4.45. The lowest BCUT2D eigenvalue weighted by molar-refractivity contribution is -0.131. The highest BCUT2D eigenvalue weighted by molar-refractivity contribution is 5.75. The van der Waals surface area contributed by atoms with Crippen molar-refractivity contribution in [3.63, 3.8) is 0 Å². The van der Waals surface area contributed by atoms with Crippen LogP contribution < -0.4 is 0 Å². The molecule has 1 aromatic rings. The van der Waals surface area contributed by atoms with Gasteiger partial charge in [0, 0.05) is 6.42 Å². The third-order valence-corrected chi connectivity index (χ3v) is 1.86. The number of benzene rings is 1. The number of hydrogen-bond acceptors (Lipinski definition) is 3. The lowest BCUT2D eigenvalue weighted by atomic mass is 10.2. The van der Waals surface area contributed by atoms with Crippen LogP contribution in [-0.4, -0.2) is 10.9 Å². The van der Waals surface area contributed by atoms with E-state index in [9.17, 15) is 9.70 Å². The van der Waals surface area contributed by atoms with Crippen LogP contribution in [0.25, 0.3) is 0 Å². The molecule has 0 unspecified atom stereocenters. The van der Waals surface area contributed by atoms with Gasteiger partial charge >= 0.3 is 0 Å². The molecule has 0 aliphatic carbocycles. The largest absolute Gasteiger partial charge is 0.273 e. The Morgan fingerprint density at radius 1 is 1.36 bits per heavy atom. The van der Waals surface area contributed by atoms with Crippen molar-refractivity contribution in [3.05, 3.63) is 40.8 Å². The van der Waals surface area contributed by atoms with Gasteiger partial charge < -0.3 is 0 Å². The van der Waals surface area contributed by atoms with Crippen LogP contribution in [-0.2, 0) is 11.3 Å². The third-order valence-electron chi connectivity index (χ3n) is 1.86. The molecule has 0 radical (unpaired) electrons. The Bertz CT molecular complexity index is 311. The maximum absolute atomic E-state index is 11.2. The molecule has 0 saturated heterocycles. The fourth-order valence-corrected chi connectivity index (χ4v) is 1.10. The molecule has 0 bridgehead atoms. The molecule has 0 N–H and O–H groups in total. The van der Waals surface area contributed by atoms with Gasteiger partial charge in [-0.05, 0) is 5.56 Å². The van der Waals surface area contributed by atoms with Gasteiger partial charge in [0.05, 0.1) is 11.8 Å². The van der Waals surface area contributed by atoms with E-state index in [1.807, 2.05) is 30.3 Å². The molecular formula is C10H12N2O2. The molecular weight excluding hydrogens is 180 g/mol. The number of hydrogen-bond donors (Lipinski definition) is 0. The Morgan fingerprint density at radius 3 is 2.50 bits per heavy atom. The van der Waals surface area contributed by atoms with Crippen molar-refractivity contribution in [2.24, 2.45) is 5.29 Å². The zero-order chi connectivity index (χ0) is 10.4. The Balaban J connectivity index is 2.66. The van der Waals surface area contributed by atoms with Gasteiger partial charge in [0.25, 0.3) is 0 Å². The summed E-state index contributed by atoms with van der Waals surface area (Å²) in [6.45, 7) is 1.95. The minimum atomic E-state index is -0.260. The van der Waals surface area contributed by atoms with Gasteiger partial charge in [-0.3, -0.25) is 4.79 Å². The highest BCUT2D eigenvalue weighted by atomic mass is 16.3. The van der Waals surface area contributed by atoms with E-state index in [4.69, 9.17) is 0 Å². The molecule has 0 saturated carbocycles. The zero-order valence-corrected chi connectivity index (χ0v) is 8.01. The molecule has 0 aromatic heterocycles. The predicted octanol–water partition coefficient (Wildman–Crippen LogP) is 2.11. The van der Waals surface area contributed by atoms with Crippen LogP contribution in [0.5, 0.6) is 0 Å². The number of rotatable bonds is 4. The zero-order valence-electron chi connectivity index (χ0n) is 8.01. The van der Waals surface area contributed by atoms with Crippen molar-refractivity contribution in [2.75, 3.05) is 0 Å². The smallest absolute Gasteiger partial charge is 0.245 e. The van der Waals surface area contributed by atoms with Crippen LogP contribution >= 0.6 is 0 Å². The van der Waals surface area contributed by atoms with Gasteiger partial charge in [0.2, 0.25) is 5.91 Å². The standard InChI is InChI=1S/C10H12N2O2/c1-2-10(13)12(11-14)8-9-6-4-3-5-7-9/h3-7H,2,8H2,1H3. The number of carbonyl (C=O) groups is 1. The minimum absolute atomic E-state index is 0.247. The molecule has 74 valence electrons. The molecule has 4 nitrogen and oxygen atoms in total. The Morgan fingerprint density at radius 2 is 2.00 bits per heavy atom. The summed E-state index contributed by atoms with van der Waals surface area (Å²) in [4.78, 5) is 21.5. The average molecular weight is 192 g/mol. The maximum Gasteiger partial charge on any atom is 0.245 e. The minimum Gasteiger partial charge on any atom is -0.273 e. The van der Waals surface area contributed by atoms with Crippen LogP contribution in [0.1, 0.15) is 18.9 Å². The van der Waals surface area contributed by atoms with E-state index < -0.39 is 0 Å². The summed E-state index contributed by atoms with van der Waals surface area (Å²) in [7, 11) is 0. The number of amides is 1. The van der Waals surface area contributed by atoms with Crippen molar-refractivity contribution in [2.45, 2.75) is 19.9 Å². The molecule has 0 fully saturated rings. The first-order chi connectivity index (χ1) is 6.77. The van der Waals surface area contributed by atoms with E-state index in [2.05, 4.69) is 5.29 Å². The van der Waals surface area contributed by atoms with Crippen molar-refractivity contribution >= 4 is 5.91 Å². The van der Waals surface area contributed by atoms with E-state index in [1.54, 1.807) is 6.92 Å². The maximum atomic E-state index is 11.2. The molecule has 0 aliphatic heterocycles. The summed E-state index contributed by atoms with van der Waals surface area (Å²) in [5, 5.41) is 3.63. The summed E-state index contributed by atoms with van der Waals surface area (Å²) in [5.41, 5.74) is 0.897. The Hall–Kier alpha value is -1.71. The van der Waals surface area contributed by atoms with Crippen LogP contribution in [0, 0.1) is 4.91 Å². The van der Waals surface area contributed by atoms with Crippen molar-refractivity contribution < 1.29 is 4.79 Å². The summed E-state index contributed by atoms with van der Waals surface area (Å²) in [6.07, 6.45) is 0.290. The summed E-state index contributed by atoms with van der Waals surface area (Å²) < 4.78 is 0. The van der Waals surface area contributed by atoms with Gasteiger partial charge in [0.1, 0.15) is 0 Å². The van der Waals surface area contributed by atoms with Crippen molar-refractivity contribution in [1.29, 1.82) is 0 Å². The van der Waals surface area contributed by atoms with Crippen molar-refractivity contribution in [3.8, 4) is 0 Å². The van der Waals surface area contributed by atoms with E-state index in [-0.39, 0.29) is 12.5 Å². The molecule has 0 aliphatic rings. The fourth-order valence-electron chi connectivity index (χ4n) is 1.10. The molecule has 0 spiro atoms. The van der Waals surface area contributed by atoms with Crippen LogP contribution in [0.15, 0.2) is 35.6 Å². The first-order valence-corrected chi connectivity index (χ1v) is 4.45. The van der Waals surface area contributed by atoms with Gasteiger partial charge in [-0.2, -0.15) is 5.01 Å². The highest BCUT2D eigenvalue weighted by Gasteiger charge is 2.11. The normalized spacial score (nSPS) is 9.50. The molecule has 1 amide bonds. The average Bonchev–Trinajstić information content (AvgIpc) is 2.26. The van der Waals surface area contributed by atoms with Gasteiger partial charge in [0.15, 0.2) is 0 Å². The molecule has 0 atom stereocenters. The SMILES string of the molecule is CCC(=O)N(Cc1ccccc1)N=O. The molecule has 4 heteroatoms. The predicted molar refractivity (Wildman–Crippen MR) is 53.1 cm³/mol. The van der Waals surface area contributed by atoms with Crippen LogP contribution in [0.4, 0.5) is 0 Å². The summed E-state index contributed by atoms with van der Waals surface area (Å²) in [5.74, 6) is -0.260. The fraction of sp³-hybridized carbons (Fsp3) is 0.300. The van der Waals surface area contributed by atoms with Crippen LogP contribution in [0.2, 0.25) is 0 Å². The lowest BCUT2D eigenvalue weighted by Crippen LogP contribution is -2.23. The Kier molecular flexibility index (Phi) is 3.79. The molecule has 0 heterocycles.